The van der Waals surface area contributed by atoms with Crippen LogP contribution in [-0.4, -0.2) is 59.9 Å². The molecule has 2 atom stereocenters. The van der Waals surface area contributed by atoms with Crippen LogP contribution in [0.4, 0.5) is 0 Å². The van der Waals surface area contributed by atoms with Gasteiger partial charge >= 0.3 is 0 Å². The largest absolute Gasteiger partial charge is 0.486 e. The maximum Gasteiger partial charge on any atom is 0.248 e. The van der Waals surface area contributed by atoms with Crippen LogP contribution >= 0.6 is 0 Å². The second-order valence-electron chi connectivity index (χ2n) is 10.8. The fraction of sp³-hybridized carbons (Fsp3) is 0.548. The molecule has 8 heteroatoms. The van der Waals surface area contributed by atoms with Crippen molar-refractivity contribution in [3.05, 3.63) is 53.9 Å². The van der Waals surface area contributed by atoms with Crippen LogP contribution in [0.1, 0.15) is 61.9 Å². The lowest BCUT2D eigenvalue weighted by Crippen LogP contribution is -2.35. The van der Waals surface area contributed by atoms with Crippen LogP contribution in [0, 0.1) is 11.8 Å². The topological polar surface area (TPSA) is 91.8 Å². The number of nitrogens with two attached hydrogens (primary N) is 1. The number of hydrogen-bond acceptors (Lipinski definition) is 6. The van der Waals surface area contributed by atoms with Crippen molar-refractivity contribution in [3.63, 3.8) is 0 Å². The first kappa shape index (κ1) is 28.9. The maximum absolute atomic E-state index is 10.8. The van der Waals surface area contributed by atoms with E-state index in [2.05, 4.69) is 46.5 Å². The first-order chi connectivity index (χ1) is 18.9. The second kappa shape index (κ2) is 14.3. The van der Waals surface area contributed by atoms with E-state index in [1.807, 2.05) is 13.4 Å². The fourth-order valence-electron chi connectivity index (χ4n) is 5.41. The highest BCUT2D eigenvalue weighted by Crippen LogP contribution is 2.31. The van der Waals surface area contributed by atoms with Crippen LogP contribution in [0.3, 0.4) is 0 Å². The van der Waals surface area contributed by atoms with Gasteiger partial charge in [-0.3, -0.25) is 9.69 Å². The first-order valence-electron chi connectivity index (χ1n) is 14.3. The third-order valence-electron chi connectivity index (χ3n) is 7.75. The second-order valence-corrected chi connectivity index (χ2v) is 10.8. The van der Waals surface area contributed by atoms with Gasteiger partial charge in [-0.05, 0) is 54.2 Å². The molecule has 1 saturated carbocycles. The summed E-state index contributed by atoms with van der Waals surface area (Å²) in [6.07, 6.45) is 9.24. The van der Waals surface area contributed by atoms with Crippen molar-refractivity contribution in [2.45, 2.75) is 52.5 Å². The van der Waals surface area contributed by atoms with Crippen LogP contribution in [-0.2, 0) is 18.3 Å². The Labute approximate surface area is 232 Å². The monoisotopic (exact) mass is 536 g/mol. The van der Waals surface area contributed by atoms with E-state index in [0.29, 0.717) is 30.3 Å². The Morgan fingerprint density at radius 3 is 2.49 bits per heavy atom. The molecule has 0 bridgehead atoms. The molecule has 0 spiro atoms. The number of rotatable bonds is 4. The molecule has 6 rings (SSSR count). The minimum atomic E-state index is -0.461. The smallest absolute Gasteiger partial charge is 0.248 e. The van der Waals surface area contributed by atoms with E-state index in [-0.39, 0.29) is 0 Å². The number of carbonyl (C=O) groups is 1. The molecular weight excluding hydrogens is 492 g/mol. The molecule has 212 valence electrons. The van der Waals surface area contributed by atoms with Gasteiger partial charge in [0.05, 0.1) is 30.6 Å². The average Bonchev–Trinajstić information content (AvgIpc) is 3.33. The van der Waals surface area contributed by atoms with Crippen LogP contribution in [0.2, 0.25) is 0 Å². The number of primary amides is 1. The summed E-state index contributed by atoms with van der Waals surface area (Å²) in [4.78, 5) is 17.6. The summed E-state index contributed by atoms with van der Waals surface area (Å²) in [5.41, 5.74) is 9.17. The molecule has 1 saturated heterocycles. The Kier molecular flexibility index (Phi) is 10.6. The summed E-state index contributed by atoms with van der Waals surface area (Å²) >= 11 is 0. The molecule has 2 N–H and O–H groups in total. The number of amides is 1. The molecule has 3 aliphatic rings. The number of nitrogens with zero attached hydrogens (tertiary/aromatic N) is 3. The van der Waals surface area contributed by atoms with Crippen molar-refractivity contribution >= 4 is 16.9 Å². The van der Waals surface area contributed by atoms with Crippen LogP contribution in [0.25, 0.3) is 11.0 Å². The predicted molar refractivity (Wildman–Crippen MR) is 154 cm³/mol. The van der Waals surface area contributed by atoms with Gasteiger partial charge in [0, 0.05) is 32.2 Å². The Bertz CT molecular complexity index is 1200. The first-order valence-corrected chi connectivity index (χ1v) is 14.3. The number of fused-ring (bicyclic) bond motifs is 2. The minimum Gasteiger partial charge on any atom is -0.486 e. The van der Waals surface area contributed by atoms with Gasteiger partial charge in [0.15, 0.2) is 11.5 Å². The Balaban J connectivity index is 0.000000143. The van der Waals surface area contributed by atoms with Crippen LogP contribution in [0.15, 0.2) is 42.7 Å². The van der Waals surface area contributed by atoms with Gasteiger partial charge in [-0.25, -0.2) is 4.98 Å². The van der Waals surface area contributed by atoms with Gasteiger partial charge in [-0.2, -0.15) is 0 Å². The van der Waals surface area contributed by atoms with E-state index in [9.17, 15) is 4.79 Å². The number of aryl methyl sites for hydroxylation is 1. The summed E-state index contributed by atoms with van der Waals surface area (Å²) in [5.74, 6) is 2.87. The number of ether oxygens (including phenoxy) is 3. The van der Waals surface area contributed by atoms with Gasteiger partial charge in [-0.15, -0.1) is 0 Å². The van der Waals surface area contributed by atoms with Crippen molar-refractivity contribution in [2.75, 3.05) is 39.5 Å². The number of carbonyl (C=O) groups excluding carboxylic acids is 1. The lowest BCUT2D eigenvalue weighted by molar-refractivity contribution is 0.0342. The molecule has 2 unspecified atom stereocenters. The molecule has 2 aliphatic heterocycles. The van der Waals surface area contributed by atoms with Crippen molar-refractivity contribution in [2.24, 2.45) is 24.6 Å². The lowest BCUT2D eigenvalue weighted by atomic mass is 9.81. The van der Waals surface area contributed by atoms with E-state index < -0.39 is 5.91 Å². The maximum atomic E-state index is 10.8. The highest BCUT2D eigenvalue weighted by Gasteiger charge is 2.16. The number of aromatic nitrogens is 2. The summed E-state index contributed by atoms with van der Waals surface area (Å²) < 4.78 is 18.0. The Hall–Kier alpha value is -3.10. The van der Waals surface area contributed by atoms with E-state index in [1.165, 1.54) is 43.2 Å². The zero-order valence-electron chi connectivity index (χ0n) is 23.7. The van der Waals surface area contributed by atoms with Crippen molar-refractivity contribution in [1.29, 1.82) is 0 Å². The summed E-state index contributed by atoms with van der Waals surface area (Å²) in [6, 6.07) is 11.4. The van der Waals surface area contributed by atoms with Gasteiger partial charge in [0.2, 0.25) is 5.91 Å². The number of benzene rings is 2. The predicted octanol–water partition coefficient (Wildman–Crippen LogP) is 5.18. The average molecular weight is 537 g/mol. The van der Waals surface area contributed by atoms with Crippen LogP contribution in [0.5, 0.6) is 11.5 Å². The highest BCUT2D eigenvalue weighted by molar-refractivity contribution is 5.93. The normalized spacial score (nSPS) is 20.8. The minimum absolute atomic E-state index is 0.434. The molecule has 2 fully saturated rings. The number of imidazole rings is 1. The molecule has 3 heterocycles. The van der Waals surface area contributed by atoms with E-state index in [4.69, 9.17) is 19.9 Å². The number of hydrogen-bond donors (Lipinski definition) is 1. The lowest BCUT2D eigenvalue weighted by Gasteiger charge is -2.26. The van der Waals surface area contributed by atoms with Gasteiger partial charge < -0.3 is 24.5 Å². The SMILES string of the molecule is CCC1CCCC(C)C1.Cn1cnc2ccc(CN3CCOCC3)cc21.NC(=O)c1ccc2c(c1)OCCO2. The van der Waals surface area contributed by atoms with E-state index in [1.54, 1.807) is 18.2 Å². The van der Waals surface area contributed by atoms with Crippen molar-refractivity contribution in [1.82, 2.24) is 14.5 Å². The molecule has 3 aromatic rings. The van der Waals surface area contributed by atoms with Crippen molar-refractivity contribution < 1.29 is 19.0 Å². The number of morpholine rings is 1. The standard InChI is InChI=1S/C13H17N3O.C9H9NO3.C9H18/c1-15-10-14-12-3-2-11(8-13(12)15)9-16-4-6-17-7-5-16;10-9(11)6-1-2-7-8(5-6)13-4-3-12-7;1-3-9-6-4-5-8(2)7-9/h2-3,8,10H,4-7,9H2,1H3;1-2,5H,3-4H2,(H2,10,11);8-9H,3-7H2,1-2H3. The summed E-state index contributed by atoms with van der Waals surface area (Å²) in [7, 11) is 2.04. The molecule has 8 nitrogen and oxygen atoms in total. The van der Waals surface area contributed by atoms with Crippen molar-refractivity contribution in [3.8, 4) is 11.5 Å². The molecule has 1 aliphatic carbocycles. The highest BCUT2D eigenvalue weighted by atomic mass is 16.6. The molecule has 0 radical (unpaired) electrons. The molecule has 1 aromatic heterocycles. The third-order valence-corrected chi connectivity index (χ3v) is 7.75. The quantitative estimate of drug-likeness (QED) is 0.494. The van der Waals surface area contributed by atoms with Crippen LogP contribution < -0.4 is 15.2 Å². The zero-order chi connectivity index (χ0) is 27.6. The van der Waals surface area contributed by atoms with E-state index >= 15 is 0 Å². The summed E-state index contributed by atoms with van der Waals surface area (Å²) in [6.45, 7) is 10.5. The zero-order valence-corrected chi connectivity index (χ0v) is 23.7. The van der Waals surface area contributed by atoms with Gasteiger partial charge in [0.1, 0.15) is 13.2 Å². The molecule has 1 amide bonds. The summed E-state index contributed by atoms with van der Waals surface area (Å²) in [5, 5.41) is 0. The Morgan fingerprint density at radius 1 is 1.03 bits per heavy atom. The molecule has 2 aromatic carbocycles. The van der Waals surface area contributed by atoms with Gasteiger partial charge in [0.25, 0.3) is 0 Å². The third kappa shape index (κ3) is 8.44. The molecule has 39 heavy (non-hydrogen) atoms. The fourth-order valence-corrected chi connectivity index (χ4v) is 5.41. The molecular formula is C31H44N4O4. The van der Waals surface area contributed by atoms with Gasteiger partial charge in [-0.1, -0.05) is 45.6 Å². The van der Waals surface area contributed by atoms with E-state index in [0.717, 1.165) is 50.2 Å². The Morgan fingerprint density at radius 2 is 1.79 bits per heavy atom.